The van der Waals surface area contributed by atoms with Crippen LogP contribution in [0.3, 0.4) is 0 Å². The van der Waals surface area contributed by atoms with Gasteiger partial charge in [-0.2, -0.15) is 18.3 Å². The van der Waals surface area contributed by atoms with E-state index in [1.807, 2.05) is 0 Å². The minimum atomic E-state index is -4.66. The van der Waals surface area contributed by atoms with Gasteiger partial charge < -0.3 is 21.5 Å². The van der Waals surface area contributed by atoms with Gasteiger partial charge in [0.2, 0.25) is 0 Å². The summed E-state index contributed by atoms with van der Waals surface area (Å²) in [5, 5.41) is 6.65. The molecule has 1 atom stereocenters. The van der Waals surface area contributed by atoms with Gasteiger partial charge >= 0.3 is 6.18 Å². The molecule has 0 saturated carbocycles. The van der Waals surface area contributed by atoms with Crippen LogP contribution in [0.25, 0.3) is 11.3 Å². The summed E-state index contributed by atoms with van der Waals surface area (Å²) in [6, 6.07) is 7.70. The van der Waals surface area contributed by atoms with Crippen molar-refractivity contribution in [3.8, 4) is 17.0 Å². The summed E-state index contributed by atoms with van der Waals surface area (Å²) in [7, 11) is 1.36. The first kappa shape index (κ1) is 26.5. The van der Waals surface area contributed by atoms with E-state index < -0.39 is 41.6 Å². The first-order valence-electron chi connectivity index (χ1n) is 10.8. The second kappa shape index (κ2) is 10.3. The standard InChI is InChI=1S/C24H25F4N5O3/c1-12(2)20(24(26,27)28)33-21(29)18(22(30)34)19(32-33)14-6-4-13(5-7-14)11-31-23(35)16-10-15(25)8-9-17(16)36-3/h4-10,12,20H,11,29H2,1-3H3,(H2,30,34)(H,31,35). The van der Waals surface area contributed by atoms with Crippen molar-refractivity contribution in [2.45, 2.75) is 32.6 Å². The molecule has 3 rings (SSSR count). The van der Waals surface area contributed by atoms with E-state index >= 15 is 0 Å². The normalized spacial score (nSPS) is 12.4. The number of amides is 2. The molecule has 1 unspecified atom stereocenters. The van der Waals surface area contributed by atoms with Crippen molar-refractivity contribution >= 4 is 17.6 Å². The molecular weight excluding hydrogens is 482 g/mol. The zero-order chi connectivity index (χ0) is 26.8. The highest BCUT2D eigenvalue weighted by Crippen LogP contribution is 2.40. The van der Waals surface area contributed by atoms with E-state index in [1.54, 1.807) is 12.1 Å². The molecule has 192 valence electrons. The maximum absolute atomic E-state index is 13.7. The van der Waals surface area contributed by atoms with Crippen LogP contribution in [0, 0.1) is 11.7 Å². The van der Waals surface area contributed by atoms with Crippen molar-refractivity contribution in [3.63, 3.8) is 0 Å². The molecule has 0 fully saturated rings. The van der Waals surface area contributed by atoms with Crippen LogP contribution in [0.5, 0.6) is 5.75 Å². The van der Waals surface area contributed by atoms with Gasteiger partial charge in [-0.15, -0.1) is 0 Å². The number of primary amides is 1. The Morgan fingerprint density at radius 1 is 1.14 bits per heavy atom. The number of halogens is 4. The zero-order valence-corrected chi connectivity index (χ0v) is 19.7. The molecule has 2 amide bonds. The van der Waals surface area contributed by atoms with Crippen molar-refractivity contribution in [2.75, 3.05) is 12.8 Å². The Hall–Kier alpha value is -4.09. The van der Waals surface area contributed by atoms with Gasteiger partial charge in [-0.05, 0) is 29.7 Å². The van der Waals surface area contributed by atoms with Crippen LogP contribution < -0.4 is 21.5 Å². The minimum absolute atomic E-state index is 0.0191. The molecule has 0 spiro atoms. The molecule has 0 radical (unpaired) electrons. The number of benzene rings is 2. The molecule has 0 aliphatic rings. The number of nitrogens with zero attached hydrogens (tertiary/aromatic N) is 2. The second-order valence-electron chi connectivity index (χ2n) is 8.37. The van der Waals surface area contributed by atoms with Crippen molar-refractivity contribution in [1.82, 2.24) is 15.1 Å². The highest BCUT2D eigenvalue weighted by Gasteiger charge is 2.45. The summed E-state index contributed by atoms with van der Waals surface area (Å²) in [6.07, 6.45) is -4.66. The van der Waals surface area contributed by atoms with Crippen molar-refractivity contribution < 1.29 is 31.9 Å². The first-order valence-corrected chi connectivity index (χ1v) is 10.8. The van der Waals surface area contributed by atoms with Crippen LogP contribution in [0.2, 0.25) is 0 Å². The number of carbonyl (C=O) groups is 2. The molecule has 36 heavy (non-hydrogen) atoms. The molecule has 5 N–H and O–H groups in total. The molecule has 2 aromatic carbocycles. The van der Waals surface area contributed by atoms with E-state index in [0.29, 0.717) is 15.8 Å². The summed E-state index contributed by atoms with van der Waals surface area (Å²) in [5.41, 5.74) is 11.8. The van der Waals surface area contributed by atoms with Crippen molar-refractivity contribution in [3.05, 3.63) is 65.0 Å². The van der Waals surface area contributed by atoms with E-state index in [1.165, 1.54) is 45.2 Å². The largest absolute Gasteiger partial charge is 0.496 e. The molecule has 0 aliphatic heterocycles. The van der Waals surface area contributed by atoms with Gasteiger partial charge in [0.25, 0.3) is 11.8 Å². The Kier molecular flexibility index (Phi) is 7.56. The second-order valence-corrected chi connectivity index (χ2v) is 8.37. The van der Waals surface area contributed by atoms with E-state index in [9.17, 15) is 27.2 Å². The lowest BCUT2D eigenvalue weighted by atomic mass is 10.0. The maximum atomic E-state index is 13.7. The van der Waals surface area contributed by atoms with Crippen LogP contribution in [0.4, 0.5) is 23.4 Å². The van der Waals surface area contributed by atoms with Crippen LogP contribution >= 0.6 is 0 Å². The molecule has 1 heterocycles. The van der Waals surface area contributed by atoms with Gasteiger partial charge in [-0.3, -0.25) is 9.59 Å². The average Bonchev–Trinajstić information content (AvgIpc) is 3.13. The number of aromatic nitrogens is 2. The predicted molar refractivity (Wildman–Crippen MR) is 125 cm³/mol. The van der Waals surface area contributed by atoms with Crippen LogP contribution in [-0.4, -0.2) is 34.9 Å². The molecule has 3 aromatic rings. The summed E-state index contributed by atoms with van der Waals surface area (Å²) in [4.78, 5) is 24.5. The third kappa shape index (κ3) is 5.42. The number of hydrogen-bond acceptors (Lipinski definition) is 5. The Morgan fingerprint density at radius 3 is 2.31 bits per heavy atom. The number of ether oxygens (including phenoxy) is 1. The molecule has 0 bridgehead atoms. The fourth-order valence-corrected chi connectivity index (χ4v) is 3.82. The van der Waals surface area contributed by atoms with E-state index in [-0.39, 0.29) is 29.1 Å². The predicted octanol–water partition coefficient (Wildman–Crippen LogP) is 4.07. The number of rotatable bonds is 8. The Bertz CT molecular complexity index is 1270. The average molecular weight is 507 g/mol. The maximum Gasteiger partial charge on any atom is 0.411 e. The van der Waals surface area contributed by atoms with Gasteiger partial charge in [0.1, 0.15) is 28.6 Å². The highest BCUT2D eigenvalue weighted by molar-refractivity contribution is 6.03. The number of nitrogens with one attached hydrogen (secondary N) is 1. The zero-order valence-electron chi connectivity index (χ0n) is 19.7. The number of nitrogen functional groups attached to an aromatic ring is 1. The highest BCUT2D eigenvalue weighted by atomic mass is 19.4. The lowest BCUT2D eigenvalue weighted by molar-refractivity contribution is -0.180. The summed E-state index contributed by atoms with van der Waals surface area (Å²) in [6.45, 7) is 2.79. The Labute approximate surface area is 204 Å². The topological polar surface area (TPSA) is 125 Å². The van der Waals surface area contributed by atoms with E-state index in [2.05, 4.69) is 10.4 Å². The Morgan fingerprint density at radius 2 is 1.78 bits per heavy atom. The number of methoxy groups -OCH3 is 1. The molecular formula is C24H25F4N5O3. The van der Waals surface area contributed by atoms with Gasteiger partial charge in [-0.1, -0.05) is 38.1 Å². The number of alkyl halides is 3. The monoisotopic (exact) mass is 507 g/mol. The number of nitrogens with two attached hydrogens (primary N) is 2. The number of hydrogen-bond donors (Lipinski definition) is 3. The summed E-state index contributed by atoms with van der Waals surface area (Å²) >= 11 is 0. The minimum Gasteiger partial charge on any atom is -0.496 e. The van der Waals surface area contributed by atoms with E-state index in [0.717, 1.165) is 6.07 Å². The first-order chi connectivity index (χ1) is 16.8. The van der Waals surface area contributed by atoms with Gasteiger partial charge in [0.15, 0.2) is 6.04 Å². The fraction of sp³-hybridized carbons (Fsp3) is 0.292. The SMILES string of the molecule is COc1ccc(F)cc1C(=O)NCc1ccc(-c2nn(C(C(C)C)C(F)(F)F)c(N)c2C(N)=O)cc1. The quantitative estimate of drug-likeness (QED) is 0.397. The smallest absolute Gasteiger partial charge is 0.411 e. The number of carbonyl (C=O) groups excluding carboxylic acids is 2. The molecule has 0 aliphatic carbocycles. The molecule has 0 saturated heterocycles. The number of anilines is 1. The van der Waals surface area contributed by atoms with Crippen LogP contribution in [-0.2, 0) is 6.54 Å². The summed E-state index contributed by atoms with van der Waals surface area (Å²) < 4.78 is 60.2. The Balaban J connectivity index is 1.87. The molecule has 12 heteroatoms. The van der Waals surface area contributed by atoms with E-state index in [4.69, 9.17) is 16.2 Å². The summed E-state index contributed by atoms with van der Waals surface area (Å²) in [5.74, 6) is -3.37. The van der Waals surface area contributed by atoms with Gasteiger partial charge in [0.05, 0.1) is 12.7 Å². The lowest BCUT2D eigenvalue weighted by Crippen LogP contribution is -2.32. The molecule has 1 aromatic heterocycles. The lowest BCUT2D eigenvalue weighted by Gasteiger charge is -2.25. The third-order valence-electron chi connectivity index (χ3n) is 5.51. The van der Waals surface area contributed by atoms with Crippen molar-refractivity contribution in [2.24, 2.45) is 11.7 Å². The van der Waals surface area contributed by atoms with Crippen LogP contribution in [0.1, 0.15) is 46.2 Å². The van der Waals surface area contributed by atoms with Crippen LogP contribution in [0.15, 0.2) is 42.5 Å². The fourth-order valence-electron chi connectivity index (χ4n) is 3.82. The molecule has 8 nitrogen and oxygen atoms in total. The van der Waals surface area contributed by atoms with Gasteiger partial charge in [-0.25, -0.2) is 9.07 Å². The van der Waals surface area contributed by atoms with Crippen molar-refractivity contribution in [1.29, 1.82) is 0 Å². The third-order valence-corrected chi connectivity index (χ3v) is 5.51. The van der Waals surface area contributed by atoms with Gasteiger partial charge in [0, 0.05) is 12.1 Å².